The normalized spacial score (nSPS) is 12.0. The van der Waals surface area contributed by atoms with E-state index in [-0.39, 0.29) is 350 Å². The molecule has 52 nitrogen and oxygen atoms in total. The Morgan fingerprint density at radius 1 is 0.366 bits per heavy atom. The third kappa shape index (κ3) is 40.3. The summed E-state index contributed by atoms with van der Waals surface area (Å²) in [5.41, 5.74) is 13.2. The number of benzene rings is 9. The first-order valence-corrected chi connectivity index (χ1v) is 48.4. The van der Waals surface area contributed by atoms with Gasteiger partial charge in [0.25, 0.3) is 11.8 Å². The number of amides is 2. The van der Waals surface area contributed by atoms with Gasteiger partial charge in [0.05, 0.1) is 140 Å². The summed E-state index contributed by atoms with van der Waals surface area (Å²) >= 11 is 0.355. The van der Waals surface area contributed by atoms with E-state index < -0.39 is 216 Å². The zero-order valence-electron chi connectivity index (χ0n) is 69.8. The molecule has 9 aromatic carbocycles. The van der Waals surface area contributed by atoms with Crippen LogP contribution in [0.2, 0.25) is 0 Å². The van der Waals surface area contributed by atoms with Crippen LogP contribution < -0.4 is 280 Å². The van der Waals surface area contributed by atoms with Crippen molar-refractivity contribution >= 4 is 224 Å². The van der Waals surface area contributed by atoms with Crippen molar-refractivity contribution in [1.82, 2.24) is 0 Å². The SMILES string of the molecule is Nc1c(N=Nc2ccc(S(=O)(=O)CCOS(=O)(=O)[O-])cc2)c(S(=O)(=O)[O-])cc2cc(SOO[O-])c(N=Nc3ccc(C(=O)Nc4cccc(S(=O)(=O)CCOSOO[O-])c4)cc3)c(O)c12.Nc1c(N=Nc2ccc(S(=O)(=O)CCOSOO[O-])cc2S(=O)(=O)[O-])cc(S(=O)(=O)[O-])c(N)c1N=Nc1ccc(C(=O)Nc2cccc(S(=O)(=O)CCOS(=O)(=O)[O-])c2)cc1.[Na+].[Na+].[Na+].[Na+].[Na+].[Na+].[Na+].[Na+]. The summed E-state index contributed by atoms with van der Waals surface area (Å²) in [5, 5.41) is 86.3. The minimum absolute atomic E-state index is 0. The predicted molar refractivity (Wildman–Crippen MR) is 419 cm³/mol. The van der Waals surface area contributed by atoms with Gasteiger partial charge in [-0.25, -0.2) is 75.8 Å². The van der Waals surface area contributed by atoms with E-state index in [9.17, 15) is 129 Å². The smallest absolute Gasteiger partial charge is 0.744 e. The van der Waals surface area contributed by atoms with Crippen LogP contribution in [0.25, 0.3) is 10.8 Å². The van der Waals surface area contributed by atoms with Crippen LogP contribution in [-0.2, 0) is 135 Å². The number of nitrogens with one attached hydrogen (secondary N) is 2. The van der Waals surface area contributed by atoms with Gasteiger partial charge in [-0.15, -0.1) is 34.2 Å². The van der Waals surface area contributed by atoms with E-state index >= 15 is 0 Å². The minimum atomic E-state index is -5.47. The van der Waals surface area contributed by atoms with Crippen LogP contribution in [-0.4, -0.2) is 165 Å². The van der Waals surface area contributed by atoms with E-state index in [0.717, 1.165) is 60.7 Å². The Morgan fingerprint density at radius 3 is 1.15 bits per heavy atom. The van der Waals surface area contributed by atoms with Crippen molar-refractivity contribution < 1.29 is 410 Å². The van der Waals surface area contributed by atoms with Crippen molar-refractivity contribution in [3.05, 3.63) is 169 Å². The van der Waals surface area contributed by atoms with Gasteiger partial charge in [0.2, 0.25) is 20.8 Å². The van der Waals surface area contributed by atoms with Gasteiger partial charge in [-0.2, -0.15) is 19.7 Å². The topological polar surface area (TPSA) is 839 Å². The third-order valence-corrected chi connectivity index (χ3v) is 27.1. The molecule has 9 rings (SSSR count). The van der Waals surface area contributed by atoms with E-state index in [2.05, 4.69) is 92.2 Å². The van der Waals surface area contributed by atoms with Gasteiger partial charge in [-0.3, -0.25) is 41.4 Å². The molecule has 0 saturated heterocycles. The Bertz CT molecular complexity index is 6860. The van der Waals surface area contributed by atoms with Crippen molar-refractivity contribution in [2.75, 3.05) is 77.3 Å². The summed E-state index contributed by atoms with van der Waals surface area (Å²) in [6, 6.07) is 29.2. The van der Waals surface area contributed by atoms with Crippen LogP contribution in [0.15, 0.2) is 238 Å². The largest absolute Gasteiger partial charge is 1.00 e. The molecule has 0 saturated carbocycles. The predicted octanol–water partition coefficient (Wildman–Crippen LogP) is -19.2. The molecule has 0 radical (unpaired) electrons. The van der Waals surface area contributed by atoms with Gasteiger partial charge in [-0.05, 0) is 151 Å². The second-order valence-corrected chi connectivity index (χ2v) is 40.1. The molecule has 2 amide bonds. The van der Waals surface area contributed by atoms with Crippen molar-refractivity contribution in [2.45, 2.75) is 39.2 Å². The number of hydrogen-bond donors (Lipinski definition) is 6. The Morgan fingerprint density at radius 2 is 0.739 bits per heavy atom. The van der Waals surface area contributed by atoms with Crippen LogP contribution in [0.4, 0.5) is 73.9 Å². The molecular formula is C62H51N13Na8O39S12. The molecule has 0 aliphatic heterocycles. The van der Waals surface area contributed by atoms with E-state index in [4.69, 9.17) is 21.4 Å². The second-order valence-electron chi connectivity index (χ2n) is 23.7. The Hall–Kier alpha value is -2.34. The average molecular weight is 2170 g/mol. The maximum atomic E-state index is 13.0. The number of azo groups is 4. The Balaban J connectivity index is 0.00000250. The molecule has 0 unspecified atom stereocenters. The zero-order valence-corrected chi connectivity index (χ0v) is 95.6. The number of phenolic OH excluding ortho intramolecular Hbond substituents is 1. The summed E-state index contributed by atoms with van der Waals surface area (Å²) in [6.45, 7) is -2.83. The van der Waals surface area contributed by atoms with E-state index in [1.165, 1.54) is 84.9 Å². The molecule has 9 N–H and O–H groups in total. The average Bonchev–Trinajstić information content (AvgIpc) is 0.746. The number of anilines is 5. The van der Waals surface area contributed by atoms with Crippen LogP contribution >= 0.6 is 36.7 Å². The van der Waals surface area contributed by atoms with E-state index in [1.807, 2.05) is 0 Å². The molecule has 0 aliphatic carbocycles. The molecular weight excluding hydrogens is 2120 g/mol. The summed E-state index contributed by atoms with van der Waals surface area (Å²) in [4.78, 5) is 20.9. The molecule has 0 spiro atoms. The third-order valence-electron chi connectivity index (χ3n) is 15.5. The van der Waals surface area contributed by atoms with Gasteiger partial charge >= 0.3 is 236 Å². The second kappa shape index (κ2) is 59.2. The number of carbonyl (C=O) groups is 2. The molecule has 0 heterocycles. The molecule has 72 heteroatoms. The fourth-order valence-electron chi connectivity index (χ4n) is 9.88. The summed E-state index contributed by atoms with van der Waals surface area (Å²) in [6.07, 6.45) is 0. The number of fused-ring (bicyclic) bond motifs is 1. The molecule has 9 aromatic rings. The van der Waals surface area contributed by atoms with Crippen LogP contribution in [0, 0.1) is 0 Å². The van der Waals surface area contributed by atoms with Crippen molar-refractivity contribution in [3.8, 4) is 5.75 Å². The molecule has 0 atom stereocenters. The fourth-order valence-corrected chi connectivity index (χ4v) is 18.2. The summed E-state index contributed by atoms with van der Waals surface area (Å²) in [5.74, 6) is -5.24. The minimum Gasteiger partial charge on any atom is -0.744 e. The maximum Gasteiger partial charge on any atom is 1.00 e. The first-order chi connectivity index (χ1) is 58.9. The van der Waals surface area contributed by atoms with E-state index in [1.54, 1.807) is 0 Å². The number of sulfone groups is 4. The van der Waals surface area contributed by atoms with Crippen LogP contribution in [0.3, 0.4) is 0 Å². The van der Waals surface area contributed by atoms with Gasteiger partial charge in [0, 0.05) is 22.5 Å². The maximum absolute atomic E-state index is 13.0. The summed E-state index contributed by atoms with van der Waals surface area (Å²) in [7, 11) is -43.0. The van der Waals surface area contributed by atoms with Gasteiger partial charge in [0.15, 0.2) is 69.7 Å². The first kappa shape index (κ1) is 132. The van der Waals surface area contributed by atoms with Gasteiger partial charge in [-0.1, -0.05) is 12.1 Å². The monoisotopic (exact) mass is 2170 g/mol. The quantitative estimate of drug-likeness (QED) is 0.00238. The first-order valence-electron chi connectivity index (χ1n) is 32.9. The standard InChI is InChI=1S/C33H30N6O20S6.C29H29N7O19S6.8Na/c34-29-28-20(17-27(64(48,49)50)31(29)39-37-22-8-10-24(11-9-22)62(44,45)15-13-55-65(51,52)53)16-26(60-58-56-42)30(32(28)40)38-36-21-6-4-19(5-7-21)33(41)35-23-2-1-3-25(18-23)63(46,47)14-12-54-61-59-57-43;30-26-23(35-34-22-9-8-21(15-24(22)59(43,44)45)57(39,40)12-10-52-56-55-54-38)16-25(60(46,47)48)27(31)28(26)36-33-18-6-4-17(5-7-18)29(37)32-19-2-1-3-20(14-19)58(41,42)13-11-53-61(49,50)51;;;;;;;;/h1-11,16-18,40,42-43H,12-15,34H2,(H,35,41)(H,48,49,50)(H,51,52,53);1-9,14-16,38H,10-13,30-31H2,(H,32,37)(H,43,44,45)(H,46,47,48)(H,49,50,51);;;;;;;;/q;;8*+1/p-8. The number of rotatable bonds is 42. The molecule has 678 valence electrons. The number of hydrogen-bond acceptors (Lipinski definition) is 53. The number of nitrogens with two attached hydrogens (primary N) is 3. The van der Waals surface area contributed by atoms with Crippen molar-refractivity contribution in [3.63, 3.8) is 0 Å². The van der Waals surface area contributed by atoms with Crippen molar-refractivity contribution in [1.29, 1.82) is 0 Å². The molecule has 134 heavy (non-hydrogen) atoms. The summed E-state index contributed by atoms with van der Waals surface area (Å²) < 4.78 is 304. The number of carbonyl (C=O) groups excluding carboxylic acids is 2. The van der Waals surface area contributed by atoms with Crippen molar-refractivity contribution in [2.24, 2.45) is 40.9 Å². The van der Waals surface area contributed by atoms with E-state index in [0.29, 0.717) is 12.1 Å². The van der Waals surface area contributed by atoms with Crippen LogP contribution in [0.1, 0.15) is 20.7 Å². The van der Waals surface area contributed by atoms with Gasteiger partial charge in [0.1, 0.15) is 58.8 Å². The number of phenols is 1. The molecule has 0 fully saturated rings. The van der Waals surface area contributed by atoms with Gasteiger partial charge < -0.3 is 71.5 Å². The van der Waals surface area contributed by atoms with Crippen LogP contribution in [0.5, 0.6) is 5.75 Å². The molecule has 0 aliphatic rings. The zero-order chi connectivity index (χ0) is 93.0. The Labute approximate surface area is 951 Å². The number of nitrogen functional groups attached to an aromatic ring is 3. The number of aromatic hydroxyl groups is 1. The number of nitrogens with zero attached hydrogens (tertiary/aromatic N) is 8. The molecule has 0 aromatic heterocycles. The Kier molecular flexibility index (Phi) is 58.1. The molecule has 0 bridgehead atoms. The fraction of sp³-hybridized carbons (Fsp3) is 0.129.